The van der Waals surface area contributed by atoms with E-state index in [4.69, 9.17) is 4.74 Å². The smallest absolute Gasteiger partial charge is 0.230 e. The van der Waals surface area contributed by atoms with Crippen LogP contribution in [0.5, 0.6) is 0 Å². The third-order valence-electron chi connectivity index (χ3n) is 4.44. The molecule has 0 aromatic carbocycles. The number of morpholine rings is 1. The third-order valence-corrected chi connectivity index (χ3v) is 6.06. The number of amides is 1. The van der Waals surface area contributed by atoms with Crippen LogP contribution in [0.25, 0.3) is 10.6 Å². The fraction of sp³-hybridized carbons (Fsp3) is 0.350. The molecular weight excluding hydrogens is 392 g/mol. The first-order valence-corrected chi connectivity index (χ1v) is 11.0. The number of carbonyl (C=O) groups is 1. The molecule has 3 aromatic rings. The van der Waals surface area contributed by atoms with Gasteiger partial charge in [-0.05, 0) is 37.4 Å². The van der Waals surface area contributed by atoms with Crippen LogP contribution < -0.4 is 10.2 Å². The third kappa shape index (κ3) is 4.57. The van der Waals surface area contributed by atoms with Crippen molar-refractivity contribution < 1.29 is 9.53 Å². The molecule has 4 rings (SSSR count). The average molecular weight is 415 g/mol. The van der Waals surface area contributed by atoms with Gasteiger partial charge in [0.25, 0.3) is 0 Å². The number of ether oxygens (including phenoxy) is 1. The number of carbonyl (C=O) groups excluding carboxylic acids is 1. The molecule has 0 bridgehead atoms. The second-order valence-corrected chi connectivity index (χ2v) is 8.59. The molecule has 1 aliphatic heterocycles. The number of nitrogens with zero attached hydrogens (tertiary/aromatic N) is 3. The molecular formula is C20H22N4O2S2. The molecule has 8 heteroatoms. The summed E-state index contributed by atoms with van der Waals surface area (Å²) in [6.07, 6.45) is 2.32. The van der Waals surface area contributed by atoms with E-state index in [1.165, 1.54) is 0 Å². The molecule has 1 amide bonds. The van der Waals surface area contributed by atoms with Gasteiger partial charge in [0.1, 0.15) is 10.8 Å². The highest BCUT2D eigenvalue weighted by molar-refractivity contribution is 7.14. The molecule has 1 aliphatic rings. The molecule has 1 saturated heterocycles. The number of hydrogen-bond donors (Lipinski definition) is 1. The standard InChI is InChI=1S/C20H22N4O2S2/c1-13-9-24(10-14(2)26-13)18-4-3-16(8-21-18)22-19(25)7-17-12-28-20(23-17)15-5-6-27-11-15/h3-6,8,11-14H,7,9-10H2,1-2H3,(H,22,25)/t13-,14+. The van der Waals surface area contributed by atoms with E-state index in [1.54, 1.807) is 28.9 Å². The molecule has 3 aromatic heterocycles. The van der Waals surface area contributed by atoms with Crippen molar-refractivity contribution in [3.05, 3.63) is 46.2 Å². The molecule has 1 fully saturated rings. The molecule has 0 spiro atoms. The number of rotatable bonds is 5. The van der Waals surface area contributed by atoms with Crippen LogP contribution >= 0.6 is 22.7 Å². The maximum atomic E-state index is 12.4. The molecule has 0 aliphatic carbocycles. The van der Waals surface area contributed by atoms with Gasteiger partial charge in [-0.15, -0.1) is 11.3 Å². The minimum Gasteiger partial charge on any atom is -0.372 e. The van der Waals surface area contributed by atoms with Crippen molar-refractivity contribution in [2.24, 2.45) is 0 Å². The Hall–Kier alpha value is -2.29. The van der Waals surface area contributed by atoms with E-state index >= 15 is 0 Å². The Labute approximate surface area is 172 Å². The first-order valence-electron chi connectivity index (χ1n) is 9.20. The number of thiazole rings is 1. The second-order valence-electron chi connectivity index (χ2n) is 6.95. The Morgan fingerprint density at radius 1 is 1.25 bits per heavy atom. The van der Waals surface area contributed by atoms with Crippen LogP contribution in [-0.4, -0.2) is 41.2 Å². The highest BCUT2D eigenvalue weighted by atomic mass is 32.1. The molecule has 28 heavy (non-hydrogen) atoms. The van der Waals surface area contributed by atoms with E-state index in [0.29, 0.717) is 5.69 Å². The van der Waals surface area contributed by atoms with Crippen molar-refractivity contribution in [3.63, 3.8) is 0 Å². The zero-order valence-corrected chi connectivity index (χ0v) is 17.4. The summed E-state index contributed by atoms with van der Waals surface area (Å²) in [5, 5.41) is 9.88. The Kier molecular flexibility index (Phi) is 5.70. The predicted octanol–water partition coefficient (Wildman–Crippen LogP) is 4.06. The zero-order chi connectivity index (χ0) is 19.5. The SMILES string of the molecule is C[C@@H]1CN(c2ccc(NC(=O)Cc3csc(-c4ccsc4)n3)cn2)C[C@H](C)O1. The molecule has 2 atom stereocenters. The highest BCUT2D eigenvalue weighted by Gasteiger charge is 2.23. The molecule has 4 heterocycles. The number of hydrogen-bond acceptors (Lipinski definition) is 7. The minimum atomic E-state index is -0.0923. The van der Waals surface area contributed by atoms with E-state index in [2.05, 4.69) is 39.4 Å². The largest absolute Gasteiger partial charge is 0.372 e. The number of aromatic nitrogens is 2. The monoisotopic (exact) mass is 414 g/mol. The van der Waals surface area contributed by atoms with Gasteiger partial charge in [-0.1, -0.05) is 0 Å². The van der Waals surface area contributed by atoms with Gasteiger partial charge >= 0.3 is 0 Å². The quantitative estimate of drug-likeness (QED) is 0.682. The normalized spacial score (nSPS) is 19.6. The van der Waals surface area contributed by atoms with Gasteiger partial charge < -0.3 is 15.0 Å². The lowest BCUT2D eigenvalue weighted by Crippen LogP contribution is -2.45. The number of pyridine rings is 1. The molecule has 0 saturated carbocycles. The summed E-state index contributed by atoms with van der Waals surface area (Å²) in [6, 6.07) is 5.87. The van der Waals surface area contributed by atoms with Crippen molar-refractivity contribution in [2.45, 2.75) is 32.5 Å². The van der Waals surface area contributed by atoms with Crippen LogP contribution in [0.4, 0.5) is 11.5 Å². The average Bonchev–Trinajstić information content (AvgIpc) is 3.33. The lowest BCUT2D eigenvalue weighted by molar-refractivity contribution is -0.115. The summed E-state index contributed by atoms with van der Waals surface area (Å²) < 4.78 is 5.77. The van der Waals surface area contributed by atoms with Gasteiger partial charge in [-0.25, -0.2) is 9.97 Å². The molecule has 146 valence electrons. The van der Waals surface area contributed by atoms with Crippen molar-refractivity contribution in [1.82, 2.24) is 9.97 Å². The summed E-state index contributed by atoms with van der Waals surface area (Å²) in [5.41, 5.74) is 2.58. The van der Waals surface area contributed by atoms with E-state index in [-0.39, 0.29) is 24.5 Å². The van der Waals surface area contributed by atoms with Crippen LogP contribution in [0.15, 0.2) is 40.5 Å². The summed E-state index contributed by atoms with van der Waals surface area (Å²) in [5.74, 6) is 0.810. The van der Waals surface area contributed by atoms with Crippen molar-refractivity contribution >= 4 is 40.1 Å². The Balaban J connectivity index is 1.34. The second kappa shape index (κ2) is 8.38. The van der Waals surface area contributed by atoms with Gasteiger partial charge in [0, 0.05) is 29.4 Å². The van der Waals surface area contributed by atoms with Gasteiger partial charge in [0.15, 0.2) is 0 Å². The van der Waals surface area contributed by atoms with Crippen molar-refractivity contribution in [2.75, 3.05) is 23.3 Å². The van der Waals surface area contributed by atoms with Crippen LogP contribution in [0, 0.1) is 0 Å². The zero-order valence-electron chi connectivity index (χ0n) is 15.8. The number of nitrogens with one attached hydrogen (secondary N) is 1. The van der Waals surface area contributed by atoms with Gasteiger partial charge in [0.05, 0.1) is 36.2 Å². The van der Waals surface area contributed by atoms with E-state index < -0.39 is 0 Å². The minimum absolute atomic E-state index is 0.0923. The first kappa shape index (κ1) is 19.0. The topological polar surface area (TPSA) is 67.4 Å². The Bertz CT molecular complexity index is 914. The van der Waals surface area contributed by atoms with Crippen molar-refractivity contribution in [3.8, 4) is 10.6 Å². The van der Waals surface area contributed by atoms with E-state index in [9.17, 15) is 4.79 Å². The lowest BCUT2D eigenvalue weighted by atomic mass is 10.2. The van der Waals surface area contributed by atoms with Crippen molar-refractivity contribution in [1.29, 1.82) is 0 Å². The number of anilines is 2. The summed E-state index contributed by atoms with van der Waals surface area (Å²) >= 11 is 3.20. The Morgan fingerprint density at radius 2 is 2.07 bits per heavy atom. The van der Waals surface area contributed by atoms with Crippen LogP contribution in [0.3, 0.4) is 0 Å². The summed E-state index contributed by atoms with van der Waals surface area (Å²) in [6.45, 7) is 5.78. The van der Waals surface area contributed by atoms with Gasteiger partial charge in [-0.3, -0.25) is 4.79 Å². The van der Waals surface area contributed by atoms with Gasteiger partial charge in [0.2, 0.25) is 5.91 Å². The maximum absolute atomic E-state index is 12.4. The van der Waals surface area contributed by atoms with Crippen LogP contribution in [0.2, 0.25) is 0 Å². The van der Waals surface area contributed by atoms with Crippen LogP contribution in [0.1, 0.15) is 19.5 Å². The summed E-state index contributed by atoms with van der Waals surface area (Å²) in [4.78, 5) is 23.6. The lowest BCUT2D eigenvalue weighted by Gasteiger charge is -2.36. The summed E-state index contributed by atoms with van der Waals surface area (Å²) in [7, 11) is 0. The predicted molar refractivity (Wildman–Crippen MR) is 114 cm³/mol. The highest BCUT2D eigenvalue weighted by Crippen LogP contribution is 2.26. The van der Waals surface area contributed by atoms with Gasteiger partial charge in [-0.2, -0.15) is 11.3 Å². The number of thiophene rings is 1. The molecule has 1 N–H and O–H groups in total. The maximum Gasteiger partial charge on any atom is 0.230 e. The molecule has 0 radical (unpaired) electrons. The van der Waals surface area contributed by atoms with E-state index in [1.807, 2.05) is 29.0 Å². The first-order chi connectivity index (χ1) is 13.6. The Morgan fingerprint density at radius 3 is 2.75 bits per heavy atom. The molecule has 0 unspecified atom stereocenters. The fourth-order valence-electron chi connectivity index (χ4n) is 3.29. The van der Waals surface area contributed by atoms with E-state index in [0.717, 1.165) is 35.2 Å². The molecule has 6 nitrogen and oxygen atoms in total. The fourth-order valence-corrected chi connectivity index (χ4v) is 4.82. The van der Waals surface area contributed by atoms with Crippen LogP contribution in [-0.2, 0) is 16.0 Å².